The Bertz CT molecular complexity index is 107. The maximum Gasteiger partial charge on any atom is 0.0252 e. The second-order valence-corrected chi connectivity index (χ2v) is 1.74. The monoisotopic (exact) mass is 67.0 g/mol. The molecular formula is C4H5N. The van der Waals surface area contributed by atoms with E-state index >= 15 is 0 Å². The van der Waals surface area contributed by atoms with Gasteiger partial charge in [-0.3, -0.25) is 0 Å². The smallest absolute Gasteiger partial charge is 0.0252 e. The Balaban J connectivity index is 2.55. The van der Waals surface area contributed by atoms with E-state index in [0.717, 1.165) is 5.92 Å². The van der Waals surface area contributed by atoms with Gasteiger partial charge in [-0.25, -0.2) is 0 Å². The van der Waals surface area contributed by atoms with E-state index in [1.54, 1.807) is 0 Å². The lowest BCUT2D eigenvalue weighted by atomic mass is 10.5. The molecule has 0 bridgehead atoms. The van der Waals surface area contributed by atoms with E-state index in [0.29, 0.717) is 0 Å². The lowest BCUT2D eigenvalue weighted by molar-refractivity contribution is 1.08. The van der Waals surface area contributed by atoms with E-state index in [1.807, 2.05) is 0 Å². The van der Waals surface area contributed by atoms with Crippen molar-refractivity contribution in [1.29, 1.82) is 0 Å². The van der Waals surface area contributed by atoms with E-state index in [1.165, 1.54) is 17.7 Å². The molecule has 0 aromatic carbocycles. The van der Waals surface area contributed by atoms with Crippen molar-refractivity contribution < 1.29 is 0 Å². The Hall–Kier alpha value is -0.460. The van der Waals surface area contributed by atoms with Gasteiger partial charge >= 0.3 is 0 Å². The van der Waals surface area contributed by atoms with Crippen LogP contribution in [0.4, 0.5) is 0 Å². The summed E-state index contributed by atoms with van der Waals surface area (Å²) in [5, 5.41) is 0. The first-order valence-electron chi connectivity index (χ1n) is 1.88. The lowest BCUT2D eigenvalue weighted by Gasteiger charge is -1.73. The predicted molar refractivity (Wildman–Crippen MR) is 19.3 cm³/mol. The number of rotatable bonds is 0. The van der Waals surface area contributed by atoms with Crippen molar-refractivity contribution in [1.82, 2.24) is 0 Å². The average Bonchev–Trinajstić information content (AvgIpc) is 2.11. The zero-order valence-corrected chi connectivity index (χ0v) is 2.86. The molecule has 0 spiro atoms. The summed E-state index contributed by atoms with van der Waals surface area (Å²) in [5.41, 5.74) is 8.01. The SMILES string of the molecule is NC1=C2CC12. The average molecular weight is 67.1 g/mol. The van der Waals surface area contributed by atoms with Gasteiger partial charge in [0.05, 0.1) is 0 Å². The van der Waals surface area contributed by atoms with Gasteiger partial charge in [-0.2, -0.15) is 0 Å². The van der Waals surface area contributed by atoms with Gasteiger partial charge in [0.15, 0.2) is 0 Å². The zero-order valence-electron chi connectivity index (χ0n) is 2.86. The summed E-state index contributed by atoms with van der Waals surface area (Å²) in [6, 6.07) is 0. The fourth-order valence-electron chi connectivity index (χ4n) is 0.599. The highest BCUT2D eigenvalue weighted by Crippen LogP contribution is 2.58. The molecule has 2 N–H and O–H groups in total. The minimum absolute atomic E-state index is 0.829. The van der Waals surface area contributed by atoms with Crippen molar-refractivity contribution in [3.8, 4) is 0 Å². The van der Waals surface area contributed by atoms with Gasteiger partial charge in [0.25, 0.3) is 0 Å². The van der Waals surface area contributed by atoms with Crippen LogP contribution in [0.15, 0.2) is 11.3 Å². The summed E-state index contributed by atoms with van der Waals surface area (Å²) >= 11 is 0. The summed E-state index contributed by atoms with van der Waals surface area (Å²) in [4.78, 5) is 0. The van der Waals surface area contributed by atoms with Gasteiger partial charge in [-0.05, 0) is 12.0 Å². The summed E-state index contributed by atoms with van der Waals surface area (Å²) in [5.74, 6) is 0.829. The summed E-state index contributed by atoms with van der Waals surface area (Å²) in [7, 11) is 0. The molecule has 1 atom stereocenters. The second-order valence-electron chi connectivity index (χ2n) is 1.74. The fraction of sp³-hybridized carbons (Fsp3) is 0.500. The van der Waals surface area contributed by atoms with E-state index in [9.17, 15) is 0 Å². The molecule has 0 aromatic heterocycles. The second kappa shape index (κ2) is 0.251. The van der Waals surface area contributed by atoms with Crippen LogP contribution in [0.3, 0.4) is 0 Å². The van der Waals surface area contributed by atoms with E-state index in [4.69, 9.17) is 5.73 Å². The third-order valence-corrected chi connectivity index (χ3v) is 1.35. The highest BCUT2D eigenvalue weighted by Gasteiger charge is 2.49. The highest BCUT2D eigenvalue weighted by atomic mass is 14.8. The zero-order chi connectivity index (χ0) is 3.44. The molecule has 0 aromatic rings. The first-order chi connectivity index (χ1) is 2.39. The van der Waals surface area contributed by atoms with Crippen LogP contribution in [0.5, 0.6) is 0 Å². The third-order valence-electron chi connectivity index (χ3n) is 1.35. The molecule has 26 valence electrons. The van der Waals surface area contributed by atoms with Crippen LogP contribution in [0.2, 0.25) is 0 Å². The summed E-state index contributed by atoms with van der Waals surface area (Å²) < 4.78 is 0. The van der Waals surface area contributed by atoms with Crippen LogP contribution in [0.1, 0.15) is 6.42 Å². The summed E-state index contributed by atoms with van der Waals surface area (Å²) in [6.45, 7) is 0. The molecule has 0 amide bonds. The molecule has 2 aliphatic carbocycles. The van der Waals surface area contributed by atoms with Crippen molar-refractivity contribution in [3.05, 3.63) is 11.3 Å². The maximum atomic E-state index is 5.30. The van der Waals surface area contributed by atoms with Gasteiger partial charge in [-0.1, -0.05) is 0 Å². The Morgan fingerprint density at radius 2 is 2.20 bits per heavy atom. The van der Waals surface area contributed by atoms with Crippen LogP contribution in [-0.2, 0) is 0 Å². The quantitative estimate of drug-likeness (QED) is 0.431. The lowest BCUT2D eigenvalue weighted by Crippen LogP contribution is -1.86. The normalized spacial score (nSPS) is 41.2. The molecule has 1 unspecified atom stereocenters. The van der Waals surface area contributed by atoms with Crippen molar-refractivity contribution in [2.45, 2.75) is 6.42 Å². The van der Waals surface area contributed by atoms with Gasteiger partial charge in [-0.15, -0.1) is 0 Å². The fourth-order valence-corrected chi connectivity index (χ4v) is 0.599. The van der Waals surface area contributed by atoms with Gasteiger partial charge in [0.2, 0.25) is 0 Å². The van der Waals surface area contributed by atoms with Crippen LogP contribution < -0.4 is 5.73 Å². The maximum absolute atomic E-state index is 5.30. The molecule has 5 heavy (non-hydrogen) atoms. The molecule has 2 aliphatic rings. The third kappa shape index (κ3) is 0.0630. The number of nitrogens with two attached hydrogens (primary N) is 1. The standard InChI is InChI=1S/C4H5N/c5-4-2-1-3(2)4/h2H,1,5H2. The molecular weight excluding hydrogens is 62.1 g/mol. The Labute approximate surface area is 30.5 Å². The predicted octanol–water partition coefficient (Wildman–Crippen LogP) is 0.233. The Kier molecular flexibility index (Phi) is 0.0930. The van der Waals surface area contributed by atoms with Crippen LogP contribution in [0.25, 0.3) is 0 Å². The molecule has 0 radical (unpaired) electrons. The van der Waals surface area contributed by atoms with Crippen molar-refractivity contribution >= 4 is 0 Å². The molecule has 2 rings (SSSR count). The first kappa shape index (κ1) is 1.85. The Morgan fingerprint density at radius 3 is 2.20 bits per heavy atom. The topological polar surface area (TPSA) is 26.0 Å². The van der Waals surface area contributed by atoms with Crippen molar-refractivity contribution in [2.24, 2.45) is 11.7 Å². The molecule has 1 nitrogen and oxygen atoms in total. The molecule has 0 aliphatic heterocycles. The minimum Gasteiger partial charge on any atom is -0.402 e. The first-order valence-corrected chi connectivity index (χ1v) is 1.88. The number of fused-ring (bicyclic) bond motifs is 1. The Morgan fingerprint density at radius 1 is 1.80 bits per heavy atom. The van der Waals surface area contributed by atoms with E-state index in [2.05, 4.69) is 0 Å². The van der Waals surface area contributed by atoms with E-state index in [-0.39, 0.29) is 0 Å². The number of allylic oxidation sites excluding steroid dienone is 2. The molecule has 0 saturated heterocycles. The van der Waals surface area contributed by atoms with Crippen molar-refractivity contribution in [3.63, 3.8) is 0 Å². The molecule has 1 fully saturated rings. The van der Waals surface area contributed by atoms with Crippen molar-refractivity contribution in [2.75, 3.05) is 0 Å². The van der Waals surface area contributed by atoms with Gasteiger partial charge in [0, 0.05) is 11.6 Å². The van der Waals surface area contributed by atoms with Crippen LogP contribution >= 0.6 is 0 Å². The summed E-state index contributed by atoms with van der Waals surface area (Å²) in [6.07, 6.45) is 1.33. The highest BCUT2D eigenvalue weighted by molar-refractivity contribution is 5.53. The largest absolute Gasteiger partial charge is 0.402 e. The molecule has 0 heterocycles. The minimum atomic E-state index is 0.829. The van der Waals surface area contributed by atoms with Crippen LogP contribution in [-0.4, -0.2) is 0 Å². The number of hydrogen-bond donors (Lipinski definition) is 1. The molecule has 1 heteroatoms. The van der Waals surface area contributed by atoms with Gasteiger partial charge in [0.1, 0.15) is 0 Å². The molecule has 1 saturated carbocycles. The van der Waals surface area contributed by atoms with E-state index < -0.39 is 0 Å². The van der Waals surface area contributed by atoms with Gasteiger partial charge < -0.3 is 5.73 Å². The van der Waals surface area contributed by atoms with Crippen LogP contribution in [0, 0.1) is 5.92 Å². The number of hydrogen-bond acceptors (Lipinski definition) is 1.